The molecule has 11 nitrogen and oxygen atoms in total. The van der Waals surface area contributed by atoms with E-state index in [4.69, 9.17) is 11.6 Å². The van der Waals surface area contributed by atoms with Crippen molar-refractivity contribution in [1.29, 1.82) is 0 Å². The number of carboxylic acids is 1. The first-order valence-electron chi connectivity index (χ1n) is 11.4. The van der Waals surface area contributed by atoms with Crippen LogP contribution in [0.4, 0.5) is 10.1 Å². The lowest BCUT2D eigenvalue weighted by atomic mass is 9.93. The van der Waals surface area contributed by atoms with Gasteiger partial charge in [-0.2, -0.15) is 0 Å². The van der Waals surface area contributed by atoms with Gasteiger partial charge >= 0.3 is 5.97 Å². The number of anilines is 1. The first-order chi connectivity index (χ1) is 17.4. The van der Waals surface area contributed by atoms with Crippen LogP contribution in [0.2, 0.25) is 5.02 Å². The molecule has 2 aromatic rings. The van der Waals surface area contributed by atoms with Gasteiger partial charge in [-0.25, -0.2) is 9.38 Å². The molecular weight excluding hydrogens is 507 g/mol. The molecule has 13 heteroatoms. The van der Waals surface area contributed by atoms with E-state index < -0.39 is 48.6 Å². The number of alkyl halides is 1. The summed E-state index contributed by atoms with van der Waals surface area (Å²) in [6.07, 6.45) is 1.26. The normalized spacial score (nSPS) is 16.1. The highest BCUT2D eigenvalue weighted by Crippen LogP contribution is 2.28. The van der Waals surface area contributed by atoms with E-state index >= 15 is 0 Å². The number of carboxylic acid groups (broad SMARTS) is 1. The van der Waals surface area contributed by atoms with Crippen molar-refractivity contribution in [2.45, 2.75) is 38.1 Å². The molecule has 0 bridgehead atoms. The zero-order chi connectivity index (χ0) is 27.2. The molecule has 0 radical (unpaired) electrons. The third-order valence-electron chi connectivity index (χ3n) is 5.35. The number of nitrogens with zero attached hydrogens (tertiary/aromatic N) is 2. The van der Waals surface area contributed by atoms with Gasteiger partial charge in [0.2, 0.25) is 5.91 Å². The van der Waals surface area contributed by atoms with E-state index in [-0.39, 0.29) is 23.7 Å². The minimum atomic E-state index is -1.24. The number of aliphatic imine (C=N–C) groups is 1. The van der Waals surface area contributed by atoms with Crippen LogP contribution in [0.25, 0.3) is 0 Å². The molecule has 0 aliphatic carbocycles. The van der Waals surface area contributed by atoms with Crippen molar-refractivity contribution in [2.75, 3.05) is 25.0 Å². The molecule has 1 aliphatic heterocycles. The number of hydrogen-bond acceptors (Lipinski definition) is 8. The number of rotatable bonds is 9. The molecule has 0 saturated heterocycles. The Morgan fingerprint density at radius 3 is 2.65 bits per heavy atom. The summed E-state index contributed by atoms with van der Waals surface area (Å²) >= 11 is 6.16. The van der Waals surface area contributed by atoms with Crippen LogP contribution in [0, 0.1) is 0 Å². The third-order valence-corrected chi connectivity index (χ3v) is 5.57. The summed E-state index contributed by atoms with van der Waals surface area (Å²) in [5, 5.41) is 30.7. The van der Waals surface area contributed by atoms with E-state index in [1.807, 2.05) is 0 Å². The maximum atomic E-state index is 13.2. The Balaban J connectivity index is 1.64. The smallest absolute Gasteiger partial charge is 0.305 e. The quantitative estimate of drug-likeness (QED) is 0.283. The minimum Gasteiger partial charge on any atom is -0.481 e. The van der Waals surface area contributed by atoms with Crippen molar-refractivity contribution in [3.63, 3.8) is 0 Å². The predicted octanol–water partition coefficient (Wildman–Crippen LogP) is 1.73. The van der Waals surface area contributed by atoms with Crippen molar-refractivity contribution in [3.05, 3.63) is 58.4 Å². The highest BCUT2D eigenvalue weighted by Gasteiger charge is 2.23. The highest BCUT2D eigenvalue weighted by atomic mass is 35.5. The number of halogens is 2. The van der Waals surface area contributed by atoms with Crippen LogP contribution >= 0.6 is 11.6 Å². The molecule has 2 atom stereocenters. The number of hydrogen-bond donors (Lipinski definition) is 6. The Bertz CT molecular complexity index is 1200. The Morgan fingerprint density at radius 2 is 2.00 bits per heavy atom. The van der Waals surface area contributed by atoms with Gasteiger partial charge in [-0.15, -0.1) is 0 Å². The number of guanidine groups is 1. The fraction of sp³-hybridized carbons (Fsp3) is 0.375. The fourth-order valence-electron chi connectivity index (χ4n) is 3.47. The van der Waals surface area contributed by atoms with Crippen molar-refractivity contribution >= 4 is 41.0 Å². The Hall–Kier alpha value is -3.77. The van der Waals surface area contributed by atoms with Crippen molar-refractivity contribution in [1.82, 2.24) is 20.9 Å². The van der Waals surface area contributed by atoms with E-state index in [1.54, 1.807) is 26.0 Å². The first kappa shape index (κ1) is 27.8. The summed E-state index contributed by atoms with van der Waals surface area (Å²) in [6.45, 7) is 2.82. The lowest BCUT2D eigenvalue weighted by molar-refractivity contribution is -0.137. The Kier molecular flexibility index (Phi) is 9.00. The van der Waals surface area contributed by atoms with Crippen LogP contribution in [0.1, 0.15) is 47.8 Å². The van der Waals surface area contributed by atoms with Gasteiger partial charge in [0.05, 0.1) is 55.1 Å². The van der Waals surface area contributed by atoms with Gasteiger partial charge in [0.25, 0.3) is 5.91 Å². The van der Waals surface area contributed by atoms with Crippen LogP contribution < -0.4 is 21.3 Å². The lowest BCUT2D eigenvalue weighted by Gasteiger charge is -2.23. The molecule has 198 valence electrons. The summed E-state index contributed by atoms with van der Waals surface area (Å²) in [4.78, 5) is 44.6. The number of pyridine rings is 1. The number of carbonyl (C=O) groups is 3. The van der Waals surface area contributed by atoms with E-state index in [1.165, 1.54) is 24.5 Å². The highest BCUT2D eigenvalue weighted by molar-refractivity contribution is 6.30. The van der Waals surface area contributed by atoms with Crippen molar-refractivity contribution in [3.8, 4) is 0 Å². The average molecular weight is 535 g/mol. The molecule has 1 aliphatic rings. The van der Waals surface area contributed by atoms with Crippen LogP contribution in [0.3, 0.4) is 0 Å². The first-order valence-corrected chi connectivity index (χ1v) is 11.8. The molecule has 1 aromatic heterocycles. The van der Waals surface area contributed by atoms with E-state index in [9.17, 15) is 29.0 Å². The second-order valence-corrected chi connectivity index (χ2v) is 9.42. The van der Waals surface area contributed by atoms with Gasteiger partial charge in [0.1, 0.15) is 6.17 Å². The molecule has 1 aromatic carbocycles. The van der Waals surface area contributed by atoms with Crippen molar-refractivity contribution < 1.29 is 29.0 Å². The number of benzene rings is 1. The molecule has 3 rings (SSSR count). The maximum Gasteiger partial charge on any atom is 0.305 e. The summed E-state index contributed by atoms with van der Waals surface area (Å²) in [5.41, 5.74) is 0.203. The van der Waals surface area contributed by atoms with Crippen LogP contribution in [0.15, 0.2) is 41.7 Å². The molecule has 6 N–H and O–H groups in total. The van der Waals surface area contributed by atoms with Crippen LogP contribution in [0.5, 0.6) is 0 Å². The van der Waals surface area contributed by atoms with Gasteiger partial charge in [0, 0.05) is 11.2 Å². The molecule has 0 saturated carbocycles. The topological polar surface area (TPSA) is 165 Å². The predicted molar refractivity (Wildman–Crippen MR) is 135 cm³/mol. The van der Waals surface area contributed by atoms with E-state index in [2.05, 4.69) is 31.2 Å². The molecule has 37 heavy (non-hydrogen) atoms. The summed E-state index contributed by atoms with van der Waals surface area (Å²) in [7, 11) is 0. The average Bonchev–Trinajstić information content (AvgIpc) is 2.82. The molecule has 2 amide bonds. The number of amides is 2. The van der Waals surface area contributed by atoms with Gasteiger partial charge in [-0.05, 0) is 43.2 Å². The SMILES string of the molecule is CC(C)(O)c1cc(Cl)cc([C@H](CC(=O)O)NC(=O)CNC(=O)c2cncc(NC3=NCC(F)CN3)c2)c1. The number of aliphatic hydroxyl groups is 1. The number of carbonyl (C=O) groups excluding carboxylic acids is 2. The van der Waals surface area contributed by atoms with Crippen LogP contribution in [-0.4, -0.2) is 64.7 Å². The second kappa shape index (κ2) is 12.0. The summed E-state index contributed by atoms with van der Waals surface area (Å²) < 4.78 is 13.2. The fourth-order valence-corrected chi connectivity index (χ4v) is 3.72. The number of aliphatic carboxylic acids is 1. The molecule has 1 unspecified atom stereocenters. The van der Waals surface area contributed by atoms with Gasteiger partial charge in [0.15, 0.2) is 5.96 Å². The Morgan fingerprint density at radius 1 is 1.24 bits per heavy atom. The zero-order valence-electron chi connectivity index (χ0n) is 20.2. The van der Waals surface area contributed by atoms with E-state index in [0.717, 1.165) is 0 Å². The van der Waals surface area contributed by atoms with E-state index in [0.29, 0.717) is 22.8 Å². The van der Waals surface area contributed by atoms with Gasteiger partial charge in [-0.3, -0.25) is 19.4 Å². The molecule has 2 heterocycles. The minimum absolute atomic E-state index is 0.0230. The lowest BCUT2D eigenvalue weighted by Crippen LogP contribution is -2.41. The zero-order valence-corrected chi connectivity index (χ0v) is 21.0. The van der Waals surface area contributed by atoms with Crippen LogP contribution in [-0.2, 0) is 15.2 Å². The largest absolute Gasteiger partial charge is 0.481 e. The maximum absolute atomic E-state index is 13.2. The van der Waals surface area contributed by atoms with Gasteiger partial charge < -0.3 is 31.5 Å². The molecular formula is C24H28ClFN6O5. The number of nitrogens with one attached hydrogen (secondary N) is 4. The number of aromatic nitrogens is 1. The van der Waals surface area contributed by atoms with Crippen molar-refractivity contribution in [2.24, 2.45) is 4.99 Å². The van der Waals surface area contributed by atoms with Gasteiger partial charge in [-0.1, -0.05) is 17.7 Å². The summed E-state index contributed by atoms with van der Waals surface area (Å²) in [6, 6.07) is 5.16. The monoisotopic (exact) mass is 534 g/mol. The third kappa shape index (κ3) is 8.40. The molecule has 0 spiro atoms. The molecule has 0 fully saturated rings. The second-order valence-electron chi connectivity index (χ2n) is 8.99. The Labute approximate surface area is 217 Å². The standard InChI is InChI=1S/C24H28ClFN6O5/c1-24(2,37)15-3-13(4-16(25)6-15)19(7-21(34)35)32-20(33)12-28-22(36)14-5-18(11-27-8-14)31-23-29-9-17(26)10-30-23/h3-6,8,11,17,19,37H,7,9-10,12H2,1-2H3,(H,28,36)(H,32,33)(H,34,35)(H2,29,30,31)/t19-/m0/s1. The summed E-state index contributed by atoms with van der Waals surface area (Å²) in [5.74, 6) is -2.02.